The number of hydrogen-bond donors (Lipinski definition) is 1. The topological polar surface area (TPSA) is 88.6 Å². The predicted octanol–water partition coefficient (Wildman–Crippen LogP) is 5.50. The number of thioether (sulfide) groups is 1. The monoisotopic (exact) mass is 523 g/mol. The van der Waals surface area contributed by atoms with Crippen LogP contribution in [0.3, 0.4) is 0 Å². The van der Waals surface area contributed by atoms with E-state index in [0.29, 0.717) is 30.1 Å². The highest BCUT2D eigenvalue weighted by atomic mass is 32.2. The van der Waals surface area contributed by atoms with Gasteiger partial charge in [-0.05, 0) is 55.5 Å². The lowest BCUT2D eigenvalue weighted by Crippen LogP contribution is -2.38. The zero-order valence-corrected chi connectivity index (χ0v) is 22.0. The van der Waals surface area contributed by atoms with Crippen LogP contribution in [0.1, 0.15) is 57.5 Å². The largest absolute Gasteiger partial charge is 0.497 e. The van der Waals surface area contributed by atoms with Gasteiger partial charge in [-0.2, -0.15) is 0 Å². The molecule has 0 bridgehead atoms. The molecule has 188 valence electrons. The minimum Gasteiger partial charge on any atom is -0.497 e. The van der Waals surface area contributed by atoms with Crippen LogP contribution in [-0.2, 0) is 4.79 Å². The van der Waals surface area contributed by atoms with Crippen molar-refractivity contribution in [2.75, 3.05) is 31.8 Å². The number of piperidine rings is 1. The van der Waals surface area contributed by atoms with Crippen LogP contribution in [0.4, 0.5) is 5.69 Å². The first kappa shape index (κ1) is 25.9. The SMILES string of the molecule is COc1ccc(C(=O)CCC(=O)N2CCC(c3nc(C(=O)Nc4ccccc4SC)cs3)CC2)cc1. The summed E-state index contributed by atoms with van der Waals surface area (Å²) in [7, 11) is 1.58. The summed E-state index contributed by atoms with van der Waals surface area (Å²) in [5.41, 5.74) is 1.78. The van der Waals surface area contributed by atoms with E-state index in [0.717, 1.165) is 28.4 Å². The van der Waals surface area contributed by atoms with Crippen molar-refractivity contribution in [2.45, 2.75) is 36.5 Å². The summed E-state index contributed by atoms with van der Waals surface area (Å²) in [5, 5.41) is 5.69. The predicted molar refractivity (Wildman–Crippen MR) is 143 cm³/mol. The number of benzene rings is 2. The molecule has 1 saturated heterocycles. The van der Waals surface area contributed by atoms with Crippen LogP contribution in [0.2, 0.25) is 0 Å². The number of hydrogen-bond acceptors (Lipinski definition) is 7. The zero-order chi connectivity index (χ0) is 25.5. The van der Waals surface area contributed by atoms with Crippen molar-refractivity contribution in [3.63, 3.8) is 0 Å². The molecule has 2 heterocycles. The average Bonchev–Trinajstić information content (AvgIpc) is 3.42. The Morgan fingerprint density at radius 3 is 2.50 bits per heavy atom. The van der Waals surface area contributed by atoms with E-state index in [9.17, 15) is 14.4 Å². The number of Topliss-reactive ketones (excluding diaryl/α,β-unsaturated/α-hetero) is 1. The molecule has 0 unspecified atom stereocenters. The number of likely N-dealkylation sites (tertiary alicyclic amines) is 1. The second-order valence-electron chi connectivity index (χ2n) is 8.53. The molecule has 1 aromatic heterocycles. The van der Waals surface area contributed by atoms with E-state index in [-0.39, 0.29) is 36.4 Å². The molecule has 0 saturated carbocycles. The molecular weight excluding hydrogens is 494 g/mol. The van der Waals surface area contributed by atoms with Crippen molar-refractivity contribution in [1.82, 2.24) is 9.88 Å². The summed E-state index contributed by atoms with van der Waals surface area (Å²) < 4.78 is 5.12. The lowest BCUT2D eigenvalue weighted by molar-refractivity contribution is -0.132. The number of para-hydroxylation sites is 1. The van der Waals surface area contributed by atoms with E-state index >= 15 is 0 Å². The molecule has 0 aliphatic carbocycles. The van der Waals surface area contributed by atoms with Crippen molar-refractivity contribution in [3.8, 4) is 5.75 Å². The van der Waals surface area contributed by atoms with E-state index in [1.165, 1.54) is 11.3 Å². The van der Waals surface area contributed by atoms with Crippen LogP contribution in [0.15, 0.2) is 58.8 Å². The molecule has 2 amide bonds. The molecular formula is C27H29N3O4S2. The molecule has 4 rings (SSSR count). The quantitative estimate of drug-likeness (QED) is 0.295. The fourth-order valence-electron chi connectivity index (χ4n) is 4.19. The van der Waals surface area contributed by atoms with Gasteiger partial charge in [0.05, 0.1) is 17.8 Å². The van der Waals surface area contributed by atoms with Crippen LogP contribution >= 0.6 is 23.1 Å². The summed E-state index contributed by atoms with van der Waals surface area (Å²) in [6.07, 6.45) is 3.95. The highest BCUT2D eigenvalue weighted by Crippen LogP contribution is 2.31. The first-order valence-electron chi connectivity index (χ1n) is 11.8. The number of carbonyl (C=O) groups is 3. The summed E-state index contributed by atoms with van der Waals surface area (Å²) in [6, 6.07) is 14.6. The number of ketones is 1. The number of methoxy groups -OCH3 is 1. The molecule has 1 fully saturated rings. The van der Waals surface area contributed by atoms with E-state index in [1.807, 2.05) is 35.4 Å². The van der Waals surface area contributed by atoms with Crippen LogP contribution in [0.5, 0.6) is 5.75 Å². The number of aromatic nitrogens is 1. The molecule has 2 aromatic carbocycles. The van der Waals surface area contributed by atoms with Crippen molar-refractivity contribution < 1.29 is 19.1 Å². The van der Waals surface area contributed by atoms with Gasteiger partial charge in [0.15, 0.2) is 5.78 Å². The average molecular weight is 524 g/mol. The van der Waals surface area contributed by atoms with Gasteiger partial charge in [-0.15, -0.1) is 23.1 Å². The number of thiazole rings is 1. The third kappa shape index (κ3) is 6.33. The van der Waals surface area contributed by atoms with Gasteiger partial charge in [0.1, 0.15) is 11.4 Å². The number of ether oxygens (including phenoxy) is 1. The van der Waals surface area contributed by atoms with Crippen LogP contribution in [-0.4, -0.2) is 53.9 Å². The maximum absolute atomic E-state index is 12.7. The number of nitrogens with zero attached hydrogens (tertiary/aromatic N) is 2. The fraction of sp³-hybridized carbons (Fsp3) is 0.333. The summed E-state index contributed by atoms with van der Waals surface area (Å²) >= 11 is 3.07. The molecule has 0 atom stereocenters. The highest BCUT2D eigenvalue weighted by Gasteiger charge is 2.26. The molecule has 1 aliphatic heterocycles. The highest BCUT2D eigenvalue weighted by molar-refractivity contribution is 7.98. The standard InChI is InChI=1S/C27H29N3O4S2/c1-34-20-9-7-18(8-10-20)23(31)11-12-25(32)30-15-13-19(14-16-30)27-29-22(17-36-27)26(33)28-21-5-3-4-6-24(21)35-2/h3-10,17,19H,11-16H2,1-2H3,(H,28,33). The number of amides is 2. The first-order valence-corrected chi connectivity index (χ1v) is 13.9. The smallest absolute Gasteiger partial charge is 0.275 e. The molecule has 9 heteroatoms. The second-order valence-corrected chi connectivity index (χ2v) is 10.3. The van der Waals surface area contributed by atoms with Gasteiger partial charge >= 0.3 is 0 Å². The minimum absolute atomic E-state index is 0.00183. The lowest BCUT2D eigenvalue weighted by atomic mass is 9.97. The Balaban J connectivity index is 1.25. The third-order valence-corrected chi connectivity index (χ3v) is 8.09. The Hall–Kier alpha value is -3.17. The first-order chi connectivity index (χ1) is 17.5. The second kappa shape index (κ2) is 12.2. The molecule has 1 aliphatic rings. The van der Waals surface area contributed by atoms with E-state index < -0.39 is 0 Å². The molecule has 0 spiro atoms. The maximum Gasteiger partial charge on any atom is 0.275 e. The minimum atomic E-state index is -0.215. The number of rotatable bonds is 9. The maximum atomic E-state index is 12.7. The third-order valence-electron chi connectivity index (χ3n) is 6.28. The normalized spacial score (nSPS) is 13.9. The Kier molecular flexibility index (Phi) is 8.77. The van der Waals surface area contributed by atoms with Crippen molar-refractivity contribution in [1.29, 1.82) is 0 Å². The zero-order valence-electron chi connectivity index (χ0n) is 20.4. The Morgan fingerprint density at radius 1 is 1.08 bits per heavy atom. The van der Waals surface area contributed by atoms with Gasteiger partial charge < -0.3 is 15.0 Å². The van der Waals surface area contributed by atoms with Gasteiger partial charge in [-0.1, -0.05) is 12.1 Å². The molecule has 0 radical (unpaired) electrons. The summed E-state index contributed by atoms with van der Waals surface area (Å²) in [5.74, 6) is 0.657. The lowest BCUT2D eigenvalue weighted by Gasteiger charge is -2.31. The molecule has 1 N–H and O–H groups in total. The van der Waals surface area contributed by atoms with Gasteiger partial charge in [-0.25, -0.2) is 4.98 Å². The summed E-state index contributed by atoms with van der Waals surface area (Å²) in [6.45, 7) is 1.25. The van der Waals surface area contributed by atoms with E-state index in [2.05, 4.69) is 10.3 Å². The Labute approximate surface area is 219 Å². The molecule has 3 aromatic rings. The van der Waals surface area contributed by atoms with Crippen molar-refractivity contribution in [3.05, 3.63) is 70.2 Å². The van der Waals surface area contributed by atoms with Crippen LogP contribution in [0, 0.1) is 0 Å². The number of nitrogens with one attached hydrogen (secondary N) is 1. The Bertz CT molecular complexity index is 1220. The fourth-order valence-corrected chi connectivity index (χ4v) is 5.71. The van der Waals surface area contributed by atoms with Gasteiger partial charge in [0, 0.05) is 47.7 Å². The van der Waals surface area contributed by atoms with Gasteiger partial charge in [0.2, 0.25) is 5.91 Å². The van der Waals surface area contributed by atoms with Gasteiger partial charge in [-0.3, -0.25) is 14.4 Å². The number of anilines is 1. The summed E-state index contributed by atoms with van der Waals surface area (Å²) in [4.78, 5) is 45.3. The number of carbonyl (C=O) groups excluding carboxylic acids is 3. The van der Waals surface area contributed by atoms with Crippen molar-refractivity contribution >= 4 is 46.4 Å². The van der Waals surface area contributed by atoms with E-state index in [4.69, 9.17) is 4.74 Å². The van der Waals surface area contributed by atoms with E-state index in [1.54, 1.807) is 48.5 Å². The van der Waals surface area contributed by atoms with Crippen LogP contribution in [0.25, 0.3) is 0 Å². The van der Waals surface area contributed by atoms with Crippen molar-refractivity contribution in [2.24, 2.45) is 0 Å². The van der Waals surface area contributed by atoms with Gasteiger partial charge in [0.25, 0.3) is 5.91 Å². The molecule has 7 nitrogen and oxygen atoms in total. The van der Waals surface area contributed by atoms with Crippen LogP contribution < -0.4 is 10.1 Å². The Morgan fingerprint density at radius 2 is 1.81 bits per heavy atom. The molecule has 36 heavy (non-hydrogen) atoms.